The Kier molecular flexibility index (Phi) is 32.3. The van der Waals surface area contributed by atoms with Gasteiger partial charge in [0.15, 0.2) is 0 Å². The van der Waals surface area contributed by atoms with Crippen LogP contribution in [0.25, 0.3) is 0 Å². The van der Waals surface area contributed by atoms with Gasteiger partial charge >= 0.3 is 6.03 Å². The van der Waals surface area contributed by atoms with Gasteiger partial charge in [0.05, 0.1) is 0 Å². The molecule has 12 heavy (non-hydrogen) atoms. The third kappa shape index (κ3) is 140. The predicted molar refractivity (Wildman–Crippen MR) is 50.7 cm³/mol. The summed E-state index contributed by atoms with van der Waals surface area (Å²) in [5, 5.41) is 6.50. The number of primary amides is 2. The SMILES string of the molecule is C#N.CCCCCCl.NC(N)=O. The van der Waals surface area contributed by atoms with Crippen molar-refractivity contribution in [1.82, 2.24) is 0 Å². The number of unbranched alkanes of at least 4 members (excludes halogenated alkanes) is 2. The summed E-state index contributed by atoms with van der Waals surface area (Å²) >= 11 is 5.38. The molecule has 0 aliphatic rings. The molecule has 4 nitrogen and oxygen atoms in total. The minimum atomic E-state index is -0.833. The van der Waals surface area contributed by atoms with Crippen LogP contribution in [0.15, 0.2) is 0 Å². The summed E-state index contributed by atoms with van der Waals surface area (Å²) < 4.78 is 0. The summed E-state index contributed by atoms with van der Waals surface area (Å²) in [5.74, 6) is 0.827. The number of hydrogen-bond acceptors (Lipinski definition) is 2. The first-order chi connectivity index (χ1) is 5.65. The van der Waals surface area contributed by atoms with Crippen molar-refractivity contribution in [3.05, 3.63) is 0 Å². The maximum Gasteiger partial charge on any atom is 0.309 e. The van der Waals surface area contributed by atoms with Crippen molar-refractivity contribution in [1.29, 1.82) is 5.26 Å². The average molecular weight is 194 g/mol. The molecule has 0 aromatic heterocycles. The smallest absolute Gasteiger partial charge is 0.309 e. The Bertz CT molecular complexity index is 98.1. The maximum absolute atomic E-state index is 9.00. The predicted octanol–water partition coefficient (Wildman–Crippen LogP) is 1.58. The lowest BCUT2D eigenvalue weighted by Gasteiger charge is -1.84. The second-order valence-corrected chi connectivity index (χ2v) is 2.18. The van der Waals surface area contributed by atoms with Crippen molar-refractivity contribution in [2.45, 2.75) is 26.2 Å². The van der Waals surface area contributed by atoms with Crippen molar-refractivity contribution in [2.75, 3.05) is 5.88 Å². The molecular weight excluding hydrogens is 178 g/mol. The number of carbonyl (C=O) groups excluding carboxylic acids is 1. The van der Waals surface area contributed by atoms with Crippen LogP contribution in [0.3, 0.4) is 0 Å². The van der Waals surface area contributed by atoms with Crippen LogP contribution in [0.1, 0.15) is 26.2 Å². The van der Waals surface area contributed by atoms with Crippen LogP contribution in [-0.2, 0) is 0 Å². The van der Waals surface area contributed by atoms with Crippen LogP contribution in [0.2, 0.25) is 0 Å². The standard InChI is InChI=1S/C5H11Cl.CH4N2O.CHN/c1-2-3-4-5-6;2-1(3)4;1-2/h2-5H2,1H3;(H4,2,3,4);1H. The molecule has 0 heterocycles. The number of nitrogens with two attached hydrogens (primary N) is 2. The van der Waals surface area contributed by atoms with E-state index in [1.54, 1.807) is 0 Å². The van der Waals surface area contributed by atoms with E-state index in [1.807, 2.05) is 0 Å². The molecule has 4 N–H and O–H groups in total. The van der Waals surface area contributed by atoms with Crippen LogP contribution in [-0.4, -0.2) is 11.9 Å². The number of rotatable bonds is 3. The molecule has 72 valence electrons. The zero-order valence-electron chi connectivity index (χ0n) is 7.29. The van der Waals surface area contributed by atoms with E-state index in [-0.39, 0.29) is 0 Å². The van der Waals surface area contributed by atoms with Gasteiger partial charge in [-0.05, 0) is 6.42 Å². The van der Waals surface area contributed by atoms with Gasteiger partial charge in [-0.2, -0.15) is 0 Å². The molecule has 0 saturated carbocycles. The molecule has 0 aliphatic carbocycles. The van der Waals surface area contributed by atoms with Crippen molar-refractivity contribution >= 4 is 17.6 Å². The van der Waals surface area contributed by atoms with Crippen LogP contribution < -0.4 is 11.5 Å². The zero-order valence-corrected chi connectivity index (χ0v) is 8.05. The highest BCUT2D eigenvalue weighted by molar-refractivity contribution is 6.17. The second-order valence-electron chi connectivity index (χ2n) is 1.80. The summed E-state index contributed by atoms with van der Waals surface area (Å²) in [6.07, 6.45) is 3.73. The fourth-order valence-electron chi connectivity index (χ4n) is 0.344. The van der Waals surface area contributed by atoms with Crippen LogP contribution >= 0.6 is 11.6 Å². The lowest BCUT2D eigenvalue weighted by atomic mass is 10.3. The van der Waals surface area contributed by atoms with E-state index >= 15 is 0 Å². The monoisotopic (exact) mass is 193 g/mol. The molecule has 0 fully saturated rings. The fraction of sp³-hybridized carbons (Fsp3) is 0.714. The number of carbonyl (C=O) groups is 1. The summed E-state index contributed by atoms with van der Waals surface area (Å²) in [6.45, 7) is 5.67. The van der Waals surface area contributed by atoms with Gasteiger partial charge in [0.1, 0.15) is 0 Å². The quantitative estimate of drug-likeness (QED) is 0.526. The average Bonchev–Trinajstić information content (AvgIpc) is 2.04. The van der Waals surface area contributed by atoms with Gasteiger partial charge in [0, 0.05) is 12.5 Å². The first-order valence-electron chi connectivity index (χ1n) is 3.51. The van der Waals surface area contributed by atoms with Crippen molar-refractivity contribution < 1.29 is 4.79 Å². The summed E-state index contributed by atoms with van der Waals surface area (Å²) in [7, 11) is 0. The largest absolute Gasteiger partial charge is 0.352 e. The third-order valence-corrected chi connectivity index (χ3v) is 1.00. The number of hydrogen-bond donors (Lipinski definition) is 2. The molecule has 0 aromatic carbocycles. The zero-order chi connectivity index (χ0) is 10.4. The van der Waals surface area contributed by atoms with Crippen LogP contribution in [0.4, 0.5) is 4.79 Å². The summed E-state index contributed by atoms with van der Waals surface area (Å²) in [6, 6.07) is -0.833. The minimum Gasteiger partial charge on any atom is -0.352 e. The van der Waals surface area contributed by atoms with E-state index in [4.69, 9.17) is 21.7 Å². The van der Waals surface area contributed by atoms with E-state index in [0.29, 0.717) is 0 Å². The topological polar surface area (TPSA) is 92.9 Å². The number of alkyl halides is 1. The molecule has 0 unspecified atom stereocenters. The minimum absolute atomic E-state index is 0.827. The fourth-order valence-corrected chi connectivity index (χ4v) is 0.533. The van der Waals surface area contributed by atoms with Gasteiger partial charge in [-0.25, -0.2) is 10.1 Å². The van der Waals surface area contributed by atoms with Gasteiger partial charge in [-0.1, -0.05) is 19.8 Å². The number of urea groups is 1. The molecule has 0 spiro atoms. The first-order valence-corrected chi connectivity index (χ1v) is 4.05. The van der Waals surface area contributed by atoms with E-state index in [0.717, 1.165) is 5.88 Å². The number of nitriles is 1. The molecule has 0 radical (unpaired) electrons. The Balaban J connectivity index is -0.000000118. The first kappa shape index (κ1) is 17.2. The highest BCUT2D eigenvalue weighted by Gasteiger charge is 1.76. The van der Waals surface area contributed by atoms with Crippen molar-refractivity contribution in [3.8, 4) is 6.57 Å². The molecule has 0 rings (SSSR count). The Morgan fingerprint density at radius 1 is 1.42 bits per heavy atom. The second kappa shape index (κ2) is 22.5. The van der Waals surface area contributed by atoms with E-state index in [9.17, 15) is 0 Å². The Hall–Kier alpha value is -0.950. The Morgan fingerprint density at radius 3 is 1.83 bits per heavy atom. The van der Waals surface area contributed by atoms with Gasteiger partial charge in [0.2, 0.25) is 0 Å². The Labute approximate surface area is 78.5 Å². The molecule has 0 atom stereocenters. The van der Waals surface area contributed by atoms with Crippen LogP contribution in [0, 0.1) is 11.8 Å². The summed E-state index contributed by atoms with van der Waals surface area (Å²) in [5.41, 5.74) is 8.50. The normalized spacial score (nSPS) is 6.67. The molecular formula is C7H16ClN3O. The highest BCUT2D eigenvalue weighted by Crippen LogP contribution is 1.93. The third-order valence-electron chi connectivity index (χ3n) is 0.737. The number of nitrogens with zero attached hydrogens (tertiary/aromatic N) is 1. The van der Waals surface area contributed by atoms with Gasteiger partial charge in [-0.15, -0.1) is 11.6 Å². The molecule has 0 bridgehead atoms. The molecule has 5 heteroatoms. The molecule has 0 aliphatic heterocycles. The molecule has 0 aromatic rings. The lowest BCUT2D eigenvalue weighted by Crippen LogP contribution is -2.18. The summed E-state index contributed by atoms with van der Waals surface area (Å²) in [4.78, 5) is 9.00. The van der Waals surface area contributed by atoms with Crippen molar-refractivity contribution in [3.63, 3.8) is 0 Å². The van der Waals surface area contributed by atoms with E-state index in [2.05, 4.69) is 25.0 Å². The van der Waals surface area contributed by atoms with Crippen LogP contribution in [0.5, 0.6) is 0 Å². The number of amides is 2. The molecule has 0 saturated heterocycles. The van der Waals surface area contributed by atoms with Gasteiger partial charge in [0.25, 0.3) is 0 Å². The Morgan fingerprint density at radius 2 is 1.75 bits per heavy atom. The van der Waals surface area contributed by atoms with Gasteiger partial charge < -0.3 is 11.5 Å². The van der Waals surface area contributed by atoms with Crippen molar-refractivity contribution in [2.24, 2.45) is 11.5 Å². The lowest BCUT2D eigenvalue weighted by molar-refractivity contribution is 0.256. The number of halogens is 1. The van der Waals surface area contributed by atoms with Gasteiger partial charge in [-0.3, -0.25) is 0 Å². The van der Waals surface area contributed by atoms with E-state index in [1.165, 1.54) is 19.3 Å². The maximum atomic E-state index is 9.00. The van der Waals surface area contributed by atoms with E-state index < -0.39 is 6.03 Å². The molecule has 2 amide bonds. The highest BCUT2D eigenvalue weighted by atomic mass is 35.5.